The number of carbonyl (C=O) groups is 3. The van der Waals surface area contributed by atoms with Gasteiger partial charge in [-0.1, -0.05) is 24.6 Å². The van der Waals surface area contributed by atoms with Crippen LogP contribution in [0.5, 0.6) is 0 Å². The van der Waals surface area contributed by atoms with Crippen LogP contribution in [-0.2, 0) is 35.0 Å². The number of aromatic amines is 1. The van der Waals surface area contributed by atoms with Gasteiger partial charge in [-0.2, -0.15) is 0 Å². The summed E-state index contributed by atoms with van der Waals surface area (Å²) in [5.41, 5.74) is 4.46. The van der Waals surface area contributed by atoms with Gasteiger partial charge in [0.05, 0.1) is 20.3 Å². The van der Waals surface area contributed by atoms with Gasteiger partial charge in [-0.15, -0.1) is 10.2 Å². The average molecular weight is 583 g/mol. The molecule has 13 heteroatoms. The molecule has 2 aromatic rings. The van der Waals surface area contributed by atoms with E-state index < -0.39 is 28.1 Å². The van der Waals surface area contributed by atoms with Crippen LogP contribution in [0.2, 0.25) is 0 Å². The number of hydrogen-bond donors (Lipinski definition) is 1. The smallest absolute Gasteiger partial charge is 0.375 e. The number of hydrogen-bond acceptors (Lipinski definition) is 10. The predicted molar refractivity (Wildman–Crippen MR) is 130 cm³/mol. The van der Waals surface area contributed by atoms with Crippen LogP contribution in [0, 0.1) is 22.1 Å². The van der Waals surface area contributed by atoms with Crippen LogP contribution in [-0.4, -0.2) is 66.1 Å². The van der Waals surface area contributed by atoms with Crippen LogP contribution < -0.4 is 18.6 Å². The minimum Gasteiger partial charge on any atom is -0.465 e. The van der Waals surface area contributed by atoms with Gasteiger partial charge in [0.15, 0.2) is 5.92 Å². The summed E-state index contributed by atoms with van der Waals surface area (Å²) in [6.07, 6.45) is 4.40. The summed E-state index contributed by atoms with van der Waals surface area (Å²) in [7, 11) is -3.50. The van der Waals surface area contributed by atoms with Crippen molar-refractivity contribution >= 4 is 34.5 Å². The number of methoxy groups -OCH3 is 1. The summed E-state index contributed by atoms with van der Waals surface area (Å²) in [4.78, 5) is 41.2. The third-order valence-electron chi connectivity index (χ3n) is 7.15. The lowest BCUT2D eigenvalue weighted by Gasteiger charge is -2.30. The Labute approximate surface area is 234 Å². The van der Waals surface area contributed by atoms with Crippen molar-refractivity contribution in [2.75, 3.05) is 26.9 Å². The van der Waals surface area contributed by atoms with Gasteiger partial charge in [-0.05, 0) is 44.7 Å². The van der Waals surface area contributed by atoms with Crippen molar-refractivity contribution in [3.8, 4) is 0 Å². The Morgan fingerprint density at radius 1 is 1.07 bits per heavy atom. The minimum atomic E-state index is -4.94. The molecule has 0 saturated carbocycles. The molecule has 0 radical (unpaired) electrons. The van der Waals surface area contributed by atoms with Crippen molar-refractivity contribution in [2.45, 2.75) is 58.4 Å². The fourth-order valence-corrected chi connectivity index (χ4v) is 5.62. The van der Waals surface area contributed by atoms with Crippen LogP contribution in [0.15, 0.2) is 24.3 Å². The zero-order valence-electron chi connectivity index (χ0n) is 22.8. The second-order valence-corrected chi connectivity index (χ2v) is 10.3. The van der Waals surface area contributed by atoms with Crippen LogP contribution in [0.1, 0.15) is 57.2 Å². The summed E-state index contributed by atoms with van der Waals surface area (Å²) in [6, 6.07) is 7.83. The van der Waals surface area contributed by atoms with Crippen LogP contribution in [0.25, 0.3) is 10.9 Å². The normalized spacial score (nSPS) is 18.4. The lowest BCUT2D eigenvalue weighted by molar-refractivity contribution is -2.00. The number of benzene rings is 1. The van der Waals surface area contributed by atoms with Gasteiger partial charge in [0.25, 0.3) is 6.04 Å². The molecule has 3 heterocycles. The van der Waals surface area contributed by atoms with Crippen molar-refractivity contribution in [3.05, 3.63) is 35.5 Å². The number of rotatable bonds is 9. The third-order valence-corrected chi connectivity index (χ3v) is 7.15. The molecule has 0 spiro atoms. The number of carbonyl (C=O) groups excluding carboxylic acids is 3. The lowest BCUT2D eigenvalue weighted by Crippen LogP contribution is -2.68. The zero-order chi connectivity index (χ0) is 29.4. The van der Waals surface area contributed by atoms with Crippen molar-refractivity contribution in [1.82, 2.24) is 4.98 Å². The third kappa shape index (κ3) is 7.79. The van der Waals surface area contributed by atoms with Gasteiger partial charge < -0.3 is 19.2 Å². The highest BCUT2D eigenvalue weighted by Gasteiger charge is 2.45. The highest BCUT2D eigenvalue weighted by Crippen LogP contribution is 2.35. The van der Waals surface area contributed by atoms with Crippen molar-refractivity contribution in [2.24, 2.45) is 11.8 Å². The maximum Gasteiger partial charge on any atom is 0.375 e. The molecule has 2 aliphatic heterocycles. The first kappa shape index (κ1) is 31.5. The maximum absolute atomic E-state index is 12.8. The molecule has 0 bridgehead atoms. The van der Waals surface area contributed by atoms with E-state index >= 15 is 0 Å². The Balaban J connectivity index is 0.000000810. The fourth-order valence-electron chi connectivity index (χ4n) is 5.62. The number of aromatic nitrogens is 1. The van der Waals surface area contributed by atoms with E-state index in [1.165, 1.54) is 7.11 Å². The summed E-state index contributed by atoms with van der Waals surface area (Å²) >= 11 is 0. The van der Waals surface area contributed by atoms with Crippen molar-refractivity contribution in [1.29, 1.82) is 0 Å². The number of H-pyrrole nitrogens is 1. The number of fused-ring (bicyclic) bond motifs is 4. The predicted octanol–water partition coefficient (Wildman–Crippen LogP) is -1.37. The Hall–Kier alpha value is -3.03. The van der Waals surface area contributed by atoms with Gasteiger partial charge in [0.1, 0.15) is 12.2 Å². The highest BCUT2D eigenvalue weighted by molar-refractivity contribution is 6.05. The SMILES string of the molecule is CCOC(=O)C(CCC[C@H]1CCC[N+]2=C1c1[nH]c3ccccc3c1C[C@@H]2C(=O)OC)C(=O)OCC.[O-][Cl+3]([O-])([O-])[O-]. The van der Waals surface area contributed by atoms with Gasteiger partial charge in [0.2, 0.25) is 5.71 Å². The van der Waals surface area contributed by atoms with Gasteiger partial charge in [-0.3, -0.25) is 9.59 Å². The van der Waals surface area contributed by atoms with Gasteiger partial charge in [0, 0.05) is 29.7 Å². The highest BCUT2D eigenvalue weighted by atomic mass is 35.7. The summed E-state index contributed by atoms with van der Waals surface area (Å²) in [5.74, 6) is -1.97. The molecule has 0 aliphatic carbocycles. The largest absolute Gasteiger partial charge is 0.465 e. The topological polar surface area (TPSA) is 190 Å². The van der Waals surface area contributed by atoms with Crippen LogP contribution in [0.3, 0.4) is 0 Å². The van der Waals surface area contributed by atoms with Crippen molar-refractivity contribution < 1.29 is 62.0 Å². The molecule has 40 heavy (non-hydrogen) atoms. The molecular formula is C27H35ClN2O10. The molecule has 0 saturated heterocycles. The van der Waals surface area contributed by atoms with Gasteiger partial charge in [-0.25, -0.2) is 28.0 Å². The molecule has 4 rings (SSSR count). The molecule has 12 nitrogen and oxygen atoms in total. The second kappa shape index (κ2) is 14.0. The summed E-state index contributed by atoms with van der Waals surface area (Å²) < 4.78 is 51.6. The zero-order valence-corrected chi connectivity index (χ0v) is 23.6. The molecular weight excluding hydrogens is 548 g/mol. The van der Waals surface area contributed by atoms with E-state index in [0.29, 0.717) is 19.3 Å². The minimum absolute atomic E-state index is 0.202. The number of para-hydroxylation sites is 1. The number of nitrogens with zero attached hydrogens (tertiary/aromatic N) is 1. The Morgan fingerprint density at radius 3 is 2.30 bits per heavy atom. The quantitative estimate of drug-likeness (QED) is 0.160. The first-order chi connectivity index (χ1) is 19.0. The number of ether oxygens (including phenoxy) is 3. The van der Waals surface area contributed by atoms with E-state index in [0.717, 1.165) is 53.7 Å². The molecule has 1 aromatic carbocycles. The van der Waals surface area contributed by atoms with E-state index in [2.05, 4.69) is 21.7 Å². The van der Waals surface area contributed by atoms with E-state index in [4.69, 9.17) is 32.8 Å². The van der Waals surface area contributed by atoms with E-state index in [1.807, 2.05) is 12.1 Å². The molecule has 220 valence electrons. The molecule has 1 N–H and O–H groups in total. The molecule has 0 unspecified atom stereocenters. The Morgan fingerprint density at radius 2 is 1.70 bits per heavy atom. The van der Waals surface area contributed by atoms with Crippen molar-refractivity contribution in [3.63, 3.8) is 0 Å². The Bertz CT molecular complexity index is 1210. The van der Waals surface area contributed by atoms with E-state index in [9.17, 15) is 14.4 Å². The maximum atomic E-state index is 12.8. The van der Waals surface area contributed by atoms with Crippen LogP contribution in [0.4, 0.5) is 0 Å². The number of halogens is 1. The fraction of sp³-hybridized carbons (Fsp3) is 0.556. The van der Waals surface area contributed by atoms with Gasteiger partial charge >= 0.3 is 17.9 Å². The molecule has 2 aliphatic rings. The molecule has 0 fully saturated rings. The van der Waals surface area contributed by atoms with E-state index in [1.54, 1.807) is 13.8 Å². The number of esters is 3. The molecule has 1 aromatic heterocycles. The second-order valence-electron chi connectivity index (χ2n) is 9.55. The molecule has 0 amide bonds. The number of nitrogens with one attached hydrogen (secondary N) is 1. The summed E-state index contributed by atoms with van der Waals surface area (Å²) in [5, 5.41) is 1.14. The molecule has 2 atom stereocenters. The summed E-state index contributed by atoms with van der Waals surface area (Å²) in [6.45, 7) is 4.71. The standard InChI is InChI=1S/C27H34N2O6.ClHO4/c1-4-34-25(30)19(26(31)35-5-2)13-8-10-17-11-9-15-29-22(27(32)33-3)16-20-18-12-6-7-14-21(18)28-23(20)24(17)29;2-1(3,4)5/h6-7,12,14,17,19,22H,4-5,8-11,13,15-16H2,1-3H3;(H,2,3,4,5)/t17-,22+;/m0./s1. The van der Waals surface area contributed by atoms with Crippen LogP contribution >= 0.6 is 0 Å². The van der Waals surface area contributed by atoms with E-state index in [-0.39, 0.29) is 31.1 Å². The Kier molecular flexibility index (Phi) is 11.1. The first-order valence-electron chi connectivity index (χ1n) is 13.3. The first-order valence-corrected chi connectivity index (χ1v) is 14.5. The lowest BCUT2D eigenvalue weighted by atomic mass is 9.81. The monoisotopic (exact) mass is 582 g/mol. The average Bonchev–Trinajstić information content (AvgIpc) is 3.28.